The molecule has 1 amide bonds. The number of anilines is 1. The highest BCUT2D eigenvalue weighted by Gasteiger charge is 2.16. The largest absolute Gasteiger partial charge is 0.496 e. The Bertz CT molecular complexity index is 768. The summed E-state index contributed by atoms with van der Waals surface area (Å²) in [6.07, 6.45) is 4.28. The van der Waals surface area contributed by atoms with E-state index in [1.807, 2.05) is 36.4 Å². The summed E-state index contributed by atoms with van der Waals surface area (Å²) >= 11 is 0. The highest BCUT2D eigenvalue weighted by molar-refractivity contribution is 6.02. The molecular weight excluding hydrogens is 300 g/mol. The van der Waals surface area contributed by atoms with Crippen molar-refractivity contribution < 1.29 is 9.53 Å². The number of carbonyl (C=O) groups excluding carboxylic acids is 1. The van der Waals surface area contributed by atoms with E-state index in [4.69, 9.17) is 4.74 Å². The molecule has 0 spiro atoms. The molecule has 4 nitrogen and oxygen atoms in total. The molecule has 0 unspecified atom stereocenters. The first-order valence-electron chi connectivity index (χ1n) is 8.09. The molecule has 1 aliphatic heterocycles. The summed E-state index contributed by atoms with van der Waals surface area (Å²) in [5.41, 5.74) is 4.33. The van der Waals surface area contributed by atoms with Gasteiger partial charge < -0.3 is 15.0 Å². The van der Waals surface area contributed by atoms with E-state index in [9.17, 15) is 4.79 Å². The fraction of sp³-hybridized carbons (Fsp3) is 0.250. The number of para-hydroxylation sites is 1. The first-order chi connectivity index (χ1) is 11.7. The van der Waals surface area contributed by atoms with Gasteiger partial charge in [0, 0.05) is 30.4 Å². The molecule has 1 heterocycles. The van der Waals surface area contributed by atoms with E-state index in [1.165, 1.54) is 11.1 Å². The van der Waals surface area contributed by atoms with Crippen molar-refractivity contribution in [2.45, 2.75) is 13.0 Å². The third kappa shape index (κ3) is 3.66. The third-order valence-electron chi connectivity index (χ3n) is 4.27. The number of benzene rings is 2. The predicted molar refractivity (Wildman–Crippen MR) is 97.1 cm³/mol. The first-order valence-corrected chi connectivity index (χ1v) is 8.09. The van der Waals surface area contributed by atoms with Crippen LogP contribution in [0.2, 0.25) is 0 Å². The molecule has 0 saturated heterocycles. The van der Waals surface area contributed by atoms with E-state index in [1.54, 1.807) is 19.3 Å². The van der Waals surface area contributed by atoms with Gasteiger partial charge in [-0.1, -0.05) is 30.3 Å². The Labute approximate surface area is 142 Å². The molecular formula is C20H22N2O2. The average Bonchev–Trinajstić information content (AvgIpc) is 2.60. The molecule has 0 radical (unpaired) electrons. The Kier molecular flexibility index (Phi) is 4.96. The summed E-state index contributed by atoms with van der Waals surface area (Å²) in [6, 6.07) is 13.7. The van der Waals surface area contributed by atoms with Gasteiger partial charge in [-0.05, 0) is 42.8 Å². The molecule has 0 bridgehead atoms. The molecule has 1 aliphatic rings. The fourth-order valence-electron chi connectivity index (χ4n) is 3.01. The minimum absolute atomic E-state index is 0.131. The molecule has 124 valence electrons. The summed E-state index contributed by atoms with van der Waals surface area (Å²) in [6.45, 7) is 1.94. The number of likely N-dealkylation sites (N-methyl/N-ethyl adjacent to an activating group) is 1. The smallest absolute Gasteiger partial charge is 0.248 e. The molecule has 4 heteroatoms. The Balaban J connectivity index is 1.74. The Hall–Kier alpha value is -2.59. The maximum atomic E-state index is 12.3. The number of fused-ring (bicyclic) bond motifs is 1. The number of methoxy groups -OCH3 is 1. The maximum Gasteiger partial charge on any atom is 0.248 e. The number of carbonyl (C=O) groups is 1. The van der Waals surface area contributed by atoms with Gasteiger partial charge in [0.25, 0.3) is 0 Å². The fourth-order valence-corrected chi connectivity index (χ4v) is 3.01. The molecule has 0 fully saturated rings. The van der Waals surface area contributed by atoms with E-state index >= 15 is 0 Å². The molecule has 0 atom stereocenters. The molecule has 0 aliphatic carbocycles. The summed E-state index contributed by atoms with van der Waals surface area (Å²) in [4.78, 5) is 14.6. The van der Waals surface area contributed by atoms with Crippen LogP contribution in [-0.2, 0) is 17.8 Å². The molecule has 0 aromatic heterocycles. The van der Waals surface area contributed by atoms with E-state index in [0.29, 0.717) is 0 Å². The lowest BCUT2D eigenvalue weighted by molar-refractivity contribution is -0.111. The first kappa shape index (κ1) is 16.3. The van der Waals surface area contributed by atoms with Crippen molar-refractivity contribution in [2.24, 2.45) is 0 Å². The zero-order chi connectivity index (χ0) is 16.9. The molecule has 1 N–H and O–H groups in total. The van der Waals surface area contributed by atoms with Gasteiger partial charge in [-0.2, -0.15) is 0 Å². The summed E-state index contributed by atoms with van der Waals surface area (Å²) in [5, 5.41) is 3.01. The number of rotatable bonds is 4. The third-order valence-corrected chi connectivity index (χ3v) is 4.27. The van der Waals surface area contributed by atoms with Gasteiger partial charge in [0.05, 0.1) is 7.11 Å². The van der Waals surface area contributed by atoms with Crippen molar-refractivity contribution in [2.75, 3.05) is 26.0 Å². The van der Waals surface area contributed by atoms with E-state index < -0.39 is 0 Å². The maximum absolute atomic E-state index is 12.3. The monoisotopic (exact) mass is 322 g/mol. The van der Waals surface area contributed by atoms with Crippen LogP contribution >= 0.6 is 0 Å². The van der Waals surface area contributed by atoms with Crippen LogP contribution in [-0.4, -0.2) is 31.5 Å². The van der Waals surface area contributed by atoms with Crippen LogP contribution in [0.15, 0.2) is 48.5 Å². The van der Waals surface area contributed by atoms with Crippen molar-refractivity contribution in [1.29, 1.82) is 0 Å². The van der Waals surface area contributed by atoms with E-state index in [-0.39, 0.29) is 5.91 Å². The van der Waals surface area contributed by atoms with Crippen molar-refractivity contribution in [1.82, 2.24) is 4.90 Å². The Morgan fingerprint density at radius 1 is 1.21 bits per heavy atom. The summed E-state index contributed by atoms with van der Waals surface area (Å²) in [5.74, 6) is 0.620. The lowest BCUT2D eigenvalue weighted by atomic mass is 9.98. The lowest BCUT2D eigenvalue weighted by Crippen LogP contribution is -2.27. The SMILES string of the molecule is COc1ccccc1/C=C/C(=O)Nc1cccc2c1CCN(C)C2. The molecule has 2 aromatic carbocycles. The lowest BCUT2D eigenvalue weighted by Gasteiger charge is -2.26. The Morgan fingerprint density at radius 3 is 2.88 bits per heavy atom. The zero-order valence-electron chi connectivity index (χ0n) is 14.1. The highest BCUT2D eigenvalue weighted by Crippen LogP contribution is 2.25. The van der Waals surface area contributed by atoms with Crippen LogP contribution in [0.5, 0.6) is 5.75 Å². The number of nitrogens with one attached hydrogen (secondary N) is 1. The van der Waals surface area contributed by atoms with Crippen LogP contribution < -0.4 is 10.1 Å². The van der Waals surface area contributed by atoms with Crippen LogP contribution in [0.4, 0.5) is 5.69 Å². The second kappa shape index (κ2) is 7.32. The quantitative estimate of drug-likeness (QED) is 0.878. The topological polar surface area (TPSA) is 41.6 Å². The standard InChI is InChI=1S/C20H22N2O2/c1-22-13-12-17-16(14-22)7-5-8-18(17)21-20(23)11-10-15-6-3-4-9-19(15)24-2/h3-11H,12-14H2,1-2H3,(H,21,23)/b11-10+. The average molecular weight is 322 g/mol. The van der Waals surface area contributed by atoms with Crippen molar-refractivity contribution in [3.05, 3.63) is 65.2 Å². The van der Waals surface area contributed by atoms with Crippen molar-refractivity contribution >= 4 is 17.7 Å². The summed E-state index contributed by atoms with van der Waals surface area (Å²) in [7, 11) is 3.74. The van der Waals surface area contributed by atoms with Gasteiger partial charge >= 0.3 is 0 Å². The van der Waals surface area contributed by atoms with Gasteiger partial charge in [0.15, 0.2) is 0 Å². The van der Waals surface area contributed by atoms with Gasteiger partial charge in [0.1, 0.15) is 5.75 Å². The van der Waals surface area contributed by atoms with Gasteiger partial charge in [0.2, 0.25) is 5.91 Å². The molecule has 24 heavy (non-hydrogen) atoms. The van der Waals surface area contributed by atoms with Crippen LogP contribution in [0.25, 0.3) is 6.08 Å². The summed E-state index contributed by atoms with van der Waals surface area (Å²) < 4.78 is 5.29. The van der Waals surface area contributed by atoms with Gasteiger partial charge in [-0.15, -0.1) is 0 Å². The number of hydrogen-bond donors (Lipinski definition) is 1. The van der Waals surface area contributed by atoms with Crippen molar-refractivity contribution in [3.63, 3.8) is 0 Å². The number of hydrogen-bond acceptors (Lipinski definition) is 3. The normalized spacial score (nSPS) is 14.4. The highest BCUT2D eigenvalue weighted by atomic mass is 16.5. The van der Waals surface area contributed by atoms with E-state index in [2.05, 4.69) is 23.3 Å². The van der Waals surface area contributed by atoms with Gasteiger partial charge in [-0.3, -0.25) is 4.79 Å². The number of nitrogens with zero attached hydrogens (tertiary/aromatic N) is 1. The number of amides is 1. The second-order valence-corrected chi connectivity index (χ2v) is 6.00. The second-order valence-electron chi connectivity index (χ2n) is 6.00. The predicted octanol–water partition coefficient (Wildman–Crippen LogP) is 3.34. The van der Waals surface area contributed by atoms with Crippen LogP contribution in [0, 0.1) is 0 Å². The van der Waals surface area contributed by atoms with Crippen LogP contribution in [0.1, 0.15) is 16.7 Å². The zero-order valence-corrected chi connectivity index (χ0v) is 14.1. The van der Waals surface area contributed by atoms with Crippen LogP contribution in [0.3, 0.4) is 0 Å². The minimum Gasteiger partial charge on any atom is -0.496 e. The Morgan fingerprint density at radius 2 is 2.04 bits per heavy atom. The molecule has 2 aromatic rings. The number of ether oxygens (including phenoxy) is 1. The van der Waals surface area contributed by atoms with Gasteiger partial charge in [-0.25, -0.2) is 0 Å². The van der Waals surface area contributed by atoms with Crippen molar-refractivity contribution in [3.8, 4) is 5.75 Å². The van der Waals surface area contributed by atoms with E-state index in [0.717, 1.165) is 36.5 Å². The minimum atomic E-state index is -0.131. The molecule has 0 saturated carbocycles. The molecule has 3 rings (SSSR count).